The normalized spacial score (nSPS) is 27.4. The Kier molecular flexibility index (Phi) is 12.8. The van der Waals surface area contributed by atoms with Gasteiger partial charge >= 0.3 is 0 Å². The highest BCUT2D eigenvalue weighted by molar-refractivity contribution is 8.01. The lowest BCUT2D eigenvalue weighted by Gasteiger charge is -2.36. The van der Waals surface area contributed by atoms with E-state index < -0.39 is 12.0 Å². The molecule has 0 amide bonds. The van der Waals surface area contributed by atoms with Gasteiger partial charge in [0.15, 0.2) is 0 Å². The molecular formula is C38H50ClF2N3O3S. The van der Waals surface area contributed by atoms with Crippen LogP contribution in [-0.2, 0) is 15.5 Å². The van der Waals surface area contributed by atoms with Crippen LogP contribution < -0.4 is 16.2 Å². The van der Waals surface area contributed by atoms with Gasteiger partial charge in [0.2, 0.25) is 0 Å². The van der Waals surface area contributed by atoms with Gasteiger partial charge in [-0.25, -0.2) is 0 Å². The van der Waals surface area contributed by atoms with Gasteiger partial charge in [-0.15, -0.1) is 11.8 Å². The summed E-state index contributed by atoms with van der Waals surface area (Å²) in [4.78, 5) is 12.9. The summed E-state index contributed by atoms with van der Waals surface area (Å²) in [7, 11) is 2.14. The van der Waals surface area contributed by atoms with E-state index in [4.69, 9.17) is 32.5 Å². The van der Waals surface area contributed by atoms with E-state index in [1.165, 1.54) is 76.6 Å². The van der Waals surface area contributed by atoms with Crippen LogP contribution in [0, 0.1) is 11.8 Å². The first kappa shape index (κ1) is 37.0. The molecule has 3 unspecified atom stereocenters. The predicted molar refractivity (Wildman–Crippen MR) is 193 cm³/mol. The van der Waals surface area contributed by atoms with E-state index in [9.17, 15) is 13.6 Å². The van der Waals surface area contributed by atoms with Crippen molar-refractivity contribution in [3.05, 3.63) is 77.4 Å². The second kappa shape index (κ2) is 16.6. The third-order valence-electron chi connectivity index (χ3n) is 9.93. The zero-order chi connectivity index (χ0) is 34.3. The molecule has 262 valence electrons. The Balaban J connectivity index is 0.000000156. The zero-order valence-corrected chi connectivity index (χ0v) is 29.6. The fourth-order valence-corrected chi connectivity index (χ4v) is 8.82. The topological polar surface area (TPSA) is 90.8 Å². The fraction of sp³-hybridized carbons (Fsp3) is 0.553. The summed E-state index contributed by atoms with van der Waals surface area (Å²) >= 11 is 8.10. The number of carbonyl (C=O) groups is 1. The van der Waals surface area contributed by atoms with Crippen molar-refractivity contribution in [3.8, 4) is 16.9 Å². The molecule has 7 aliphatic rings. The summed E-state index contributed by atoms with van der Waals surface area (Å²) in [5.41, 5.74) is 12.0. The van der Waals surface area contributed by atoms with Crippen molar-refractivity contribution in [1.82, 2.24) is 4.90 Å². The minimum Gasteiger partial charge on any atom is -0.492 e. The molecule has 10 heteroatoms. The van der Waals surface area contributed by atoms with E-state index in [-0.39, 0.29) is 16.8 Å². The number of allylic oxidation sites excluding steroid dienone is 2. The Labute approximate surface area is 293 Å². The Morgan fingerprint density at radius 2 is 1.73 bits per heavy atom. The Hall–Kier alpha value is -2.27. The van der Waals surface area contributed by atoms with E-state index in [1.807, 2.05) is 6.92 Å². The highest BCUT2D eigenvalue weighted by atomic mass is 35.5. The number of alkyl halides is 2. The number of halogens is 3. The number of ether oxygens (including phenoxy) is 2. The molecule has 2 aromatic rings. The minimum atomic E-state index is -3.41. The van der Waals surface area contributed by atoms with Gasteiger partial charge in [0.1, 0.15) is 23.0 Å². The van der Waals surface area contributed by atoms with Gasteiger partial charge in [-0.1, -0.05) is 73.0 Å². The lowest BCUT2D eigenvalue weighted by molar-refractivity contribution is -0.118. The van der Waals surface area contributed by atoms with Gasteiger partial charge in [-0.2, -0.15) is 8.78 Å². The Morgan fingerprint density at radius 1 is 1.04 bits per heavy atom. The van der Waals surface area contributed by atoms with Crippen LogP contribution in [0.1, 0.15) is 63.9 Å². The maximum atomic E-state index is 13.9. The summed E-state index contributed by atoms with van der Waals surface area (Å²) in [6.45, 7) is 4.68. The molecule has 6 nitrogen and oxygen atoms in total. The molecule has 2 saturated heterocycles. The minimum absolute atomic E-state index is 0.0147. The molecule has 5 atom stereocenters. The second-order valence-electron chi connectivity index (χ2n) is 13.6. The van der Waals surface area contributed by atoms with Crippen LogP contribution in [0.5, 0.6) is 5.75 Å². The largest absolute Gasteiger partial charge is 0.492 e. The van der Waals surface area contributed by atoms with Crippen LogP contribution in [0.25, 0.3) is 11.1 Å². The molecule has 1 saturated carbocycles. The van der Waals surface area contributed by atoms with Gasteiger partial charge < -0.3 is 30.6 Å². The molecule has 4 N–H and O–H groups in total. The average molecular weight is 702 g/mol. The number of piperidine rings is 1. The quantitative estimate of drug-likeness (QED) is 0.213. The van der Waals surface area contributed by atoms with E-state index in [2.05, 4.69) is 48.0 Å². The summed E-state index contributed by atoms with van der Waals surface area (Å²) in [5.74, 6) is -1.34. The number of benzene rings is 2. The summed E-state index contributed by atoms with van der Waals surface area (Å²) < 4.78 is 39.8. The summed E-state index contributed by atoms with van der Waals surface area (Å²) in [6.07, 6.45) is 20.5. The molecule has 9 rings (SSSR count). The van der Waals surface area contributed by atoms with Crippen molar-refractivity contribution >= 4 is 29.6 Å². The smallest absolute Gasteiger partial charge is 0.294 e. The molecule has 48 heavy (non-hydrogen) atoms. The van der Waals surface area contributed by atoms with Crippen molar-refractivity contribution < 1.29 is 23.0 Å². The van der Waals surface area contributed by atoms with Crippen LogP contribution in [0.15, 0.2) is 66.8 Å². The fourth-order valence-electron chi connectivity index (χ4n) is 7.01. The molecule has 2 aromatic carbocycles. The van der Waals surface area contributed by atoms with Gasteiger partial charge in [-0.3, -0.25) is 0 Å². The molecule has 4 bridgehead atoms. The van der Waals surface area contributed by atoms with Crippen molar-refractivity contribution in [2.75, 3.05) is 26.7 Å². The Morgan fingerprint density at radius 3 is 2.38 bits per heavy atom. The molecule has 0 aromatic heterocycles. The zero-order valence-electron chi connectivity index (χ0n) is 28.0. The molecule has 0 spiro atoms. The van der Waals surface area contributed by atoms with Crippen molar-refractivity contribution in [2.45, 2.75) is 92.6 Å². The number of likely N-dealkylation sites (tertiary alicyclic amines) is 1. The van der Waals surface area contributed by atoms with E-state index in [1.54, 1.807) is 30.3 Å². The van der Waals surface area contributed by atoms with Crippen molar-refractivity contribution in [1.29, 1.82) is 0 Å². The Bertz CT molecular complexity index is 1400. The monoisotopic (exact) mass is 701 g/mol. The van der Waals surface area contributed by atoms with E-state index >= 15 is 0 Å². The first-order chi connectivity index (χ1) is 23.0. The number of nitrogens with zero attached hydrogens (tertiary/aromatic N) is 1. The molecule has 4 heterocycles. The maximum Gasteiger partial charge on any atom is 0.294 e. The van der Waals surface area contributed by atoms with Crippen LogP contribution in [-0.4, -0.2) is 66.3 Å². The van der Waals surface area contributed by atoms with Crippen LogP contribution in [0.3, 0.4) is 0 Å². The number of carbonyl (C=O) groups excluding carboxylic acids is 1. The van der Waals surface area contributed by atoms with Crippen LogP contribution in [0.2, 0.25) is 5.02 Å². The number of rotatable bonds is 8. The lowest BCUT2D eigenvalue weighted by Crippen LogP contribution is -2.39. The molecule has 4 aliphatic heterocycles. The van der Waals surface area contributed by atoms with Crippen molar-refractivity contribution in [2.24, 2.45) is 23.3 Å². The van der Waals surface area contributed by atoms with Gasteiger partial charge in [0, 0.05) is 16.9 Å². The number of hydrogen-bond acceptors (Lipinski definition) is 7. The average Bonchev–Trinajstić information content (AvgIpc) is 3.41. The third-order valence-corrected chi connectivity index (χ3v) is 11.7. The van der Waals surface area contributed by atoms with Gasteiger partial charge in [0.05, 0.1) is 17.7 Å². The first-order valence-corrected chi connectivity index (χ1v) is 18.6. The molecular weight excluding hydrogens is 652 g/mol. The van der Waals surface area contributed by atoms with E-state index in [0.717, 1.165) is 23.0 Å². The standard InChI is InChI=1S/C17H16ClF2NO2.C15H20OS.C6H14N2/c1-2-23-15-9-12(5-8-14(15)18)11-3-6-13(7-4-11)17(19,20)16(21)10-22;1-2-4-13(3-1)16-15-8-7-11-9-14(17-15)6-5-12(11)10-15;1-8-4-2-6(7)3-5-8/h3-10,16H,2,21H2,1H3;5-8,11-14H,1-4,9-10H2;6H,2-5,7H2,1H3/t16-;11?,12?,14?,15-;/m11./s1. The SMILES string of the molecule is C1=CC2C[C@@]3(OC4CCCC4)C=CC2CC1S3.CCOc1cc(-c2ccc(C(F)(F)[C@H](N)C=O)cc2)ccc1Cl.CN1CCC(N)CC1. The highest BCUT2D eigenvalue weighted by Crippen LogP contribution is 2.54. The summed E-state index contributed by atoms with van der Waals surface area (Å²) in [6, 6.07) is 9.42. The van der Waals surface area contributed by atoms with Crippen LogP contribution in [0.4, 0.5) is 8.78 Å². The van der Waals surface area contributed by atoms with Crippen molar-refractivity contribution in [3.63, 3.8) is 0 Å². The number of aldehydes is 1. The summed E-state index contributed by atoms with van der Waals surface area (Å²) in [5, 5.41) is 1.17. The number of hydrogen-bond donors (Lipinski definition) is 2. The van der Waals surface area contributed by atoms with Gasteiger partial charge in [0.25, 0.3) is 5.92 Å². The van der Waals surface area contributed by atoms with Crippen LogP contribution >= 0.6 is 23.4 Å². The number of thioether (sulfide) groups is 1. The molecule has 3 aliphatic carbocycles. The lowest BCUT2D eigenvalue weighted by atomic mass is 9.77. The predicted octanol–water partition coefficient (Wildman–Crippen LogP) is 7.97. The third kappa shape index (κ3) is 9.29. The van der Waals surface area contributed by atoms with Gasteiger partial charge in [-0.05, 0) is 107 Å². The second-order valence-corrected chi connectivity index (χ2v) is 15.5. The maximum absolute atomic E-state index is 13.9. The number of nitrogens with two attached hydrogens (primary N) is 2. The molecule has 0 radical (unpaired) electrons. The first-order valence-electron chi connectivity index (χ1n) is 17.3. The van der Waals surface area contributed by atoms with E-state index in [0.29, 0.717) is 34.8 Å². The molecule has 3 fully saturated rings. The highest BCUT2D eigenvalue weighted by Gasteiger charge is 2.47.